The third-order valence-electron chi connectivity index (χ3n) is 2.80. The van der Waals surface area contributed by atoms with E-state index in [0.29, 0.717) is 16.7 Å². The van der Waals surface area contributed by atoms with Gasteiger partial charge in [0.1, 0.15) is 5.52 Å². The van der Waals surface area contributed by atoms with E-state index in [4.69, 9.17) is 9.15 Å². The predicted octanol–water partition coefficient (Wildman–Crippen LogP) is 2.47. The van der Waals surface area contributed by atoms with Gasteiger partial charge in [0.05, 0.1) is 0 Å². The van der Waals surface area contributed by atoms with Crippen molar-refractivity contribution in [1.29, 1.82) is 0 Å². The number of nitrogens with zero attached hydrogens (tertiary/aromatic N) is 1. The summed E-state index contributed by atoms with van der Waals surface area (Å²) in [7, 11) is 0. The molecule has 1 aromatic carbocycles. The number of fused-ring (bicyclic) bond motifs is 1. The van der Waals surface area contributed by atoms with Gasteiger partial charge in [-0.1, -0.05) is 30.3 Å². The molecule has 5 nitrogen and oxygen atoms in total. The molecule has 0 amide bonds. The Balaban J connectivity index is 1.78. The maximum Gasteiger partial charge on any atom is 0.347 e. The van der Waals surface area contributed by atoms with Crippen LogP contribution in [0.4, 0.5) is 0 Å². The zero-order valence-corrected chi connectivity index (χ0v) is 10.4. The van der Waals surface area contributed by atoms with Gasteiger partial charge in [-0.25, -0.2) is 4.79 Å². The summed E-state index contributed by atoms with van der Waals surface area (Å²) < 4.78 is 10.3. The van der Waals surface area contributed by atoms with E-state index in [-0.39, 0.29) is 5.95 Å². The number of aliphatic hydroxyl groups is 1. The fourth-order valence-electron chi connectivity index (χ4n) is 1.82. The number of furan rings is 1. The first kappa shape index (κ1) is 12.4. The van der Waals surface area contributed by atoms with E-state index in [9.17, 15) is 9.90 Å². The summed E-state index contributed by atoms with van der Waals surface area (Å²) in [5.41, 5.74) is 1.57. The molecule has 2 aromatic heterocycles. The number of aromatic nitrogens is 1. The molecule has 0 bridgehead atoms. The molecule has 0 fully saturated rings. The van der Waals surface area contributed by atoms with Crippen molar-refractivity contribution in [2.45, 2.75) is 6.10 Å². The molecule has 0 spiro atoms. The predicted molar refractivity (Wildman–Crippen MR) is 71.0 cm³/mol. The Hall–Kier alpha value is -2.66. The van der Waals surface area contributed by atoms with Crippen molar-refractivity contribution in [3.8, 4) is 5.95 Å². The molecule has 100 valence electrons. The second-order valence-corrected chi connectivity index (χ2v) is 4.19. The van der Waals surface area contributed by atoms with Crippen molar-refractivity contribution < 1.29 is 19.1 Å². The molecule has 2 heterocycles. The highest BCUT2D eigenvalue weighted by molar-refractivity contribution is 5.80. The van der Waals surface area contributed by atoms with E-state index in [2.05, 4.69) is 4.98 Å². The Morgan fingerprint density at radius 1 is 1.20 bits per heavy atom. The summed E-state index contributed by atoms with van der Waals surface area (Å²) >= 11 is 0. The van der Waals surface area contributed by atoms with E-state index in [1.165, 1.54) is 6.07 Å². The van der Waals surface area contributed by atoms with Gasteiger partial charge in [0.15, 0.2) is 11.7 Å². The van der Waals surface area contributed by atoms with Crippen LogP contribution in [0.3, 0.4) is 0 Å². The average molecular weight is 269 g/mol. The lowest BCUT2D eigenvalue weighted by atomic mass is 10.1. The molecule has 3 rings (SSSR count). The minimum atomic E-state index is -1.35. The summed E-state index contributed by atoms with van der Waals surface area (Å²) in [6.45, 7) is 0. The molecular weight excluding hydrogens is 258 g/mol. The minimum Gasteiger partial charge on any atom is -0.424 e. The van der Waals surface area contributed by atoms with Crippen LogP contribution in [0.1, 0.15) is 11.7 Å². The molecule has 1 unspecified atom stereocenters. The first-order valence-corrected chi connectivity index (χ1v) is 6.03. The minimum absolute atomic E-state index is 0.0127. The molecule has 20 heavy (non-hydrogen) atoms. The summed E-state index contributed by atoms with van der Waals surface area (Å²) in [5.74, 6) is -0.783. The lowest BCUT2D eigenvalue weighted by Gasteiger charge is -2.08. The number of pyridine rings is 1. The number of rotatable bonds is 3. The summed E-state index contributed by atoms with van der Waals surface area (Å²) in [6, 6.07) is 13.5. The highest BCUT2D eigenvalue weighted by Crippen LogP contribution is 2.24. The summed E-state index contributed by atoms with van der Waals surface area (Å²) in [6.07, 6.45) is 0.264. The topological polar surface area (TPSA) is 72.6 Å². The molecule has 3 aromatic rings. The van der Waals surface area contributed by atoms with Crippen LogP contribution in [0, 0.1) is 0 Å². The van der Waals surface area contributed by atoms with Gasteiger partial charge in [0.2, 0.25) is 0 Å². The van der Waals surface area contributed by atoms with Crippen molar-refractivity contribution in [1.82, 2.24) is 4.98 Å². The van der Waals surface area contributed by atoms with Crippen LogP contribution in [-0.2, 0) is 4.79 Å². The molecule has 0 aliphatic carbocycles. The molecule has 0 saturated carbocycles. The van der Waals surface area contributed by atoms with Crippen molar-refractivity contribution in [2.24, 2.45) is 0 Å². The highest BCUT2D eigenvalue weighted by atomic mass is 16.6. The van der Waals surface area contributed by atoms with Crippen LogP contribution in [0.25, 0.3) is 11.1 Å². The first-order valence-electron chi connectivity index (χ1n) is 6.03. The maximum atomic E-state index is 11.8. The largest absolute Gasteiger partial charge is 0.424 e. The van der Waals surface area contributed by atoms with Crippen molar-refractivity contribution >= 4 is 17.1 Å². The smallest absolute Gasteiger partial charge is 0.347 e. The van der Waals surface area contributed by atoms with Gasteiger partial charge in [-0.15, -0.1) is 0 Å². The molecule has 0 saturated heterocycles. The Morgan fingerprint density at radius 2 is 2.00 bits per heavy atom. The van der Waals surface area contributed by atoms with Gasteiger partial charge in [0.25, 0.3) is 5.95 Å². The van der Waals surface area contributed by atoms with Gasteiger partial charge in [-0.05, 0) is 17.7 Å². The lowest BCUT2D eigenvalue weighted by molar-refractivity contribution is -0.145. The fourth-order valence-corrected chi connectivity index (χ4v) is 1.82. The SMILES string of the molecule is O=C(Oc1cc2ncccc2o1)C(O)c1ccccc1. The molecule has 0 aliphatic rings. The number of ether oxygens (including phenoxy) is 1. The van der Waals surface area contributed by atoms with Crippen molar-refractivity contribution in [2.75, 3.05) is 0 Å². The quantitative estimate of drug-likeness (QED) is 0.739. The van der Waals surface area contributed by atoms with E-state index >= 15 is 0 Å². The second kappa shape index (κ2) is 5.14. The molecule has 0 aliphatic heterocycles. The molecule has 5 heteroatoms. The Labute approximate surface area is 114 Å². The lowest BCUT2D eigenvalue weighted by Crippen LogP contribution is -2.17. The van der Waals surface area contributed by atoms with Crippen LogP contribution < -0.4 is 4.74 Å². The van der Waals surface area contributed by atoms with Gasteiger partial charge >= 0.3 is 5.97 Å². The third-order valence-corrected chi connectivity index (χ3v) is 2.80. The van der Waals surface area contributed by atoms with E-state index in [1.807, 2.05) is 0 Å². The fraction of sp³-hybridized carbons (Fsp3) is 0.0667. The average Bonchev–Trinajstić information content (AvgIpc) is 2.89. The monoisotopic (exact) mass is 269 g/mol. The van der Waals surface area contributed by atoms with Gasteiger partial charge in [-0.3, -0.25) is 4.98 Å². The highest BCUT2D eigenvalue weighted by Gasteiger charge is 2.21. The van der Waals surface area contributed by atoms with Gasteiger partial charge in [-0.2, -0.15) is 0 Å². The Bertz CT molecular complexity index is 703. The van der Waals surface area contributed by atoms with E-state index < -0.39 is 12.1 Å². The molecule has 1 atom stereocenters. The van der Waals surface area contributed by atoms with Crippen LogP contribution in [-0.4, -0.2) is 16.1 Å². The maximum absolute atomic E-state index is 11.8. The Kier molecular flexibility index (Phi) is 3.18. The summed E-state index contributed by atoms with van der Waals surface area (Å²) in [5, 5.41) is 9.89. The second-order valence-electron chi connectivity index (χ2n) is 4.19. The third kappa shape index (κ3) is 2.39. The zero-order valence-electron chi connectivity index (χ0n) is 10.4. The van der Waals surface area contributed by atoms with Crippen LogP contribution in [0.15, 0.2) is 59.1 Å². The number of carbonyl (C=O) groups excluding carboxylic acids is 1. The van der Waals surface area contributed by atoms with Crippen LogP contribution in [0.5, 0.6) is 5.95 Å². The number of esters is 1. The van der Waals surface area contributed by atoms with Crippen LogP contribution in [0.2, 0.25) is 0 Å². The van der Waals surface area contributed by atoms with Crippen molar-refractivity contribution in [3.05, 3.63) is 60.3 Å². The van der Waals surface area contributed by atoms with E-state index in [0.717, 1.165) is 0 Å². The number of hydrogen-bond donors (Lipinski definition) is 1. The number of aliphatic hydroxyl groups excluding tert-OH is 1. The van der Waals surface area contributed by atoms with Gasteiger partial charge in [0, 0.05) is 12.3 Å². The number of benzene rings is 1. The van der Waals surface area contributed by atoms with E-state index in [1.54, 1.807) is 48.7 Å². The normalized spacial score (nSPS) is 12.2. The summed E-state index contributed by atoms with van der Waals surface area (Å²) in [4.78, 5) is 15.9. The first-order chi connectivity index (χ1) is 9.74. The molecular formula is C15H11NO4. The Morgan fingerprint density at radius 3 is 2.75 bits per heavy atom. The molecule has 0 radical (unpaired) electrons. The standard InChI is InChI=1S/C15H11NO4/c17-14(10-5-2-1-3-6-10)15(18)20-13-9-11-12(19-13)7-4-8-16-11/h1-9,14,17H. The molecule has 1 N–H and O–H groups in total. The number of carbonyl (C=O) groups is 1. The number of hydrogen-bond acceptors (Lipinski definition) is 5. The van der Waals surface area contributed by atoms with Crippen LogP contribution >= 0.6 is 0 Å². The van der Waals surface area contributed by atoms with Gasteiger partial charge < -0.3 is 14.3 Å². The zero-order chi connectivity index (χ0) is 13.9. The van der Waals surface area contributed by atoms with Crippen molar-refractivity contribution in [3.63, 3.8) is 0 Å².